The molecule has 0 heterocycles. The van der Waals surface area contributed by atoms with Crippen molar-refractivity contribution in [2.24, 2.45) is 5.73 Å². The molecule has 0 fully saturated rings. The zero-order valence-electron chi connectivity index (χ0n) is 6.12. The van der Waals surface area contributed by atoms with E-state index < -0.39 is 24.5 Å². The van der Waals surface area contributed by atoms with E-state index in [0.29, 0.717) is 0 Å². The van der Waals surface area contributed by atoms with Crippen molar-refractivity contribution in [3.8, 4) is 0 Å². The molecule has 0 unspecified atom stereocenters. The van der Waals surface area contributed by atoms with Crippen molar-refractivity contribution < 1.29 is 19.5 Å². The van der Waals surface area contributed by atoms with E-state index in [1.54, 1.807) is 0 Å². The van der Waals surface area contributed by atoms with E-state index in [-0.39, 0.29) is 6.54 Å². The highest BCUT2D eigenvalue weighted by Crippen LogP contribution is 1.63. The van der Waals surface area contributed by atoms with E-state index in [9.17, 15) is 19.5 Å². The number of rotatable bonds is 4. The molecule has 0 aromatic rings. The summed E-state index contributed by atoms with van der Waals surface area (Å²) in [7, 11) is 0. The number of aliphatic carboxylic acids is 1. The molecular formula is C5H8N3O4-. The largest absolute Gasteiger partial charge is 0.548 e. The molecule has 0 saturated carbocycles. The fraction of sp³-hybridized carbons (Fsp3) is 0.400. The van der Waals surface area contributed by atoms with Gasteiger partial charge in [-0.2, -0.15) is 0 Å². The minimum atomic E-state index is -1.40. The number of urea groups is 1. The molecule has 0 bridgehead atoms. The van der Waals surface area contributed by atoms with Crippen molar-refractivity contribution in [3.63, 3.8) is 0 Å². The van der Waals surface area contributed by atoms with E-state index in [1.165, 1.54) is 0 Å². The van der Waals surface area contributed by atoms with Gasteiger partial charge in [-0.15, -0.1) is 0 Å². The Hall–Kier alpha value is -1.79. The van der Waals surface area contributed by atoms with Gasteiger partial charge in [0.1, 0.15) is 0 Å². The monoisotopic (exact) mass is 174 g/mol. The van der Waals surface area contributed by atoms with Crippen molar-refractivity contribution in [3.05, 3.63) is 0 Å². The van der Waals surface area contributed by atoms with E-state index in [4.69, 9.17) is 0 Å². The smallest absolute Gasteiger partial charge is 0.312 e. The summed E-state index contributed by atoms with van der Waals surface area (Å²) in [5, 5.41) is 13.8. The summed E-state index contributed by atoms with van der Waals surface area (Å²) >= 11 is 0. The Morgan fingerprint density at radius 1 is 1.17 bits per heavy atom. The van der Waals surface area contributed by atoms with Gasteiger partial charge in [0.25, 0.3) is 0 Å². The van der Waals surface area contributed by atoms with Crippen LogP contribution in [0.5, 0.6) is 0 Å². The number of carboxylic acids is 1. The minimum Gasteiger partial charge on any atom is -0.548 e. The van der Waals surface area contributed by atoms with Crippen molar-refractivity contribution in [1.29, 1.82) is 0 Å². The molecule has 0 atom stereocenters. The minimum absolute atomic E-state index is 0.345. The number of hydrogen-bond donors (Lipinski definition) is 3. The van der Waals surface area contributed by atoms with Gasteiger partial charge in [0.05, 0.1) is 19.1 Å². The number of nitrogens with one attached hydrogen (secondary N) is 2. The van der Waals surface area contributed by atoms with Crippen LogP contribution in [0.2, 0.25) is 0 Å². The summed E-state index contributed by atoms with van der Waals surface area (Å²) in [6.45, 7) is -0.929. The average Bonchev–Trinajstić information content (AvgIpc) is 1.96. The van der Waals surface area contributed by atoms with Crippen molar-refractivity contribution in [1.82, 2.24) is 10.6 Å². The zero-order valence-corrected chi connectivity index (χ0v) is 6.12. The van der Waals surface area contributed by atoms with E-state index in [0.717, 1.165) is 0 Å². The second kappa shape index (κ2) is 4.94. The summed E-state index contributed by atoms with van der Waals surface area (Å²) in [5.41, 5.74) is 4.64. The third kappa shape index (κ3) is 6.33. The first kappa shape index (κ1) is 10.2. The maximum atomic E-state index is 10.6. The van der Waals surface area contributed by atoms with E-state index >= 15 is 0 Å². The predicted octanol–water partition coefficient (Wildman–Crippen LogP) is -3.48. The molecule has 0 saturated heterocycles. The van der Waals surface area contributed by atoms with Gasteiger partial charge in [-0.05, 0) is 0 Å². The lowest BCUT2D eigenvalue weighted by Gasteiger charge is -2.04. The van der Waals surface area contributed by atoms with Crippen LogP contribution in [0.3, 0.4) is 0 Å². The topological polar surface area (TPSA) is 124 Å². The van der Waals surface area contributed by atoms with Crippen molar-refractivity contribution in [2.75, 3.05) is 13.1 Å². The molecule has 12 heavy (non-hydrogen) atoms. The molecule has 0 aliphatic heterocycles. The number of carbonyl (C=O) groups is 3. The molecular weight excluding hydrogens is 166 g/mol. The number of nitrogens with two attached hydrogens (primary N) is 1. The first-order chi connectivity index (χ1) is 5.52. The maximum Gasteiger partial charge on any atom is 0.312 e. The first-order valence-corrected chi connectivity index (χ1v) is 3.02. The van der Waals surface area contributed by atoms with Gasteiger partial charge >= 0.3 is 6.03 Å². The van der Waals surface area contributed by atoms with E-state index in [1.807, 2.05) is 10.6 Å². The fourth-order valence-electron chi connectivity index (χ4n) is 0.401. The van der Waals surface area contributed by atoms with Crippen molar-refractivity contribution >= 4 is 17.9 Å². The highest BCUT2D eigenvalue weighted by molar-refractivity contribution is 5.85. The van der Waals surface area contributed by atoms with E-state index in [2.05, 4.69) is 5.73 Å². The molecule has 4 N–H and O–H groups in total. The summed E-state index contributed by atoms with van der Waals surface area (Å²) in [6.07, 6.45) is 0. The molecule has 7 heteroatoms. The molecule has 0 aliphatic carbocycles. The summed E-state index contributed by atoms with van der Waals surface area (Å²) in [5.74, 6) is -2.04. The zero-order chi connectivity index (χ0) is 9.56. The molecule has 0 aliphatic rings. The van der Waals surface area contributed by atoms with Crippen LogP contribution in [0.4, 0.5) is 4.79 Å². The van der Waals surface area contributed by atoms with Gasteiger partial charge in [-0.3, -0.25) is 4.79 Å². The maximum absolute atomic E-state index is 10.6. The predicted molar refractivity (Wildman–Crippen MR) is 35.6 cm³/mol. The second-order valence-electron chi connectivity index (χ2n) is 1.87. The highest BCUT2D eigenvalue weighted by Gasteiger charge is 2.00. The summed E-state index contributed by atoms with van der Waals surface area (Å²) in [6, 6.07) is -0.849. The third-order valence-electron chi connectivity index (χ3n) is 0.853. The Morgan fingerprint density at radius 2 is 1.75 bits per heavy atom. The van der Waals surface area contributed by atoms with Gasteiger partial charge in [0, 0.05) is 0 Å². The van der Waals surface area contributed by atoms with Crippen LogP contribution in [0.1, 0.15) is 0 Å². The lowest BCUT2D eigenvalue weighted by Crippen LogP contribution is -2.43. The molecule has 68 valence electrons. The molecule has 0 aromatic carbocycles. The van der Waals surface area contributed by atoms with Crippen LogP contribution in [-0.2, 0) is 9.59 Å². The third-order valence-corrected chi connectivity index (χ3v) is 0.853. The normalized spacial score (nSPS) is 8.67. The highest BCUT2D eigenvalue weighted by atomic mass is 16.4. The number of carbonyl (C=O) groups excluding carboxylic acids is 3. The Labute approximate surface area is 67.9 Å². The molecule has 0 rings (SSSR count). The van der Waals surface area contributed by atoms with Crippen LogP contribution in [0.15, 0.2) is 0 Å². The van der Waals surface area contributed by atoms with Gasteiger partial charge in [-0.1, -0.05) is 0 Å². The lowest BCUT2D eigenvalue weighted by molar-refractivity contribution is -0.304. The Morgan fingerprint density at radius 3 is 2.17 bits per heavy atom. The summed E-state index contributed by atoms with van der Waals surface area (Å²) < 4.78 is 0. The van der Waals surface area contributed by atoms with Crippen LogP contribution < -0.4 is 21.5 Å². The second-order valence-corrected chi connectivity index (χ2v) is 1.87. The Bertz CT molecular complexity index is 183. The van der Waals surface area contributed by atoms with Gasteiger partial charge in [0.15, 0.2) is 0 Å². The van der Waals surface area contributed by atoms with Crippen LogP contribution >= 0.6 is 0 Å². The SMILES string of the molecule is NC(=O)NCC(=O)NCC(=O)[O-]. The lowest BCUT2D eigenvalue weighted by atomic mass is 10.5. The molecule has 0 spiro atoms. The molecule has 0 aromatic heterocycles. The Kier molecular flexibility index (Phi) is 4.20. The molecule has 7 nitrogen and oxygen atoms in total. The number of hydrogen-bond acceptors (Lipinski definition) is 4. The Balaban J connectivity index is 3.47. The number of carboxylic acid groups (broad SMARTS) is 1. The van der Waals surface area contributed by atoms with Gasteiger partial charge in [0.2, 0.25) is 5.91 Å². The van der Waals surface area contributed by atoms with Gasteiger partial charge in [-0.25, -0.2) is 4.79 Å². The van der Waals surface area contributed by atoms with Crippen LogP contribution in [0, 0.1) is 0 Å². The standard InChI is InChI=1S/C5H9N3O4/c6-5(12)8-1-3(9)7-2-4(10)11/h1-2H2,(H,7,9)(H,10,11)(H3,6,8,12)/p-1. The number of amides is 3. The molecule has 0 radical (unpaired) electrons. The van der Waals surface area contributed by atoms with Crippen LogP contribution in [0.25, 0.3) is 0 Å². The summed E-state index contributed by atoms with van der Waals surface area (Å²) in [4.78, 5) is 30.4. The number of primary amides is 1. The first-order valence-electron chi connectivity index (χ1n) is 3.02. The average molecular weight is 174 g/mol. The van der Waals surface area contributed by atoms with Crippen molar-refractivity contribution in [2.45, 2.75) is 0 Å². The fourth-order valence-corrected chi connectivity index (χ4v) is 0.401. The molecule has 3 amide bonds. The van der Waals surface area contributed by atoms with Crippen LogP contribution in [-0.4, -0.2) is 31.0 Å². The quantitative estimate of drug-likeness (QED) is 0.409. The van der Waals surface area contributed by atoms with Gasteiger partial charge < -0.3 is 26.3 Å².